The summed E-state index contributed by atoms with van der Waals surface area (Å²) < 4.78 is 13.0. The minimum atomic E-state index is 0.482. The quantitative estimate of drug-likeness (QED) is 0.941. The highest BCUT2D eigenvalue weighted by atomic mass is 79.9. The van der Waals surface area contributed by atoms with Crippen LogP contribution < -0.4 is 15.2 Å². The first-order chi connectivity index (χ1) is 8.63. The average molecular weight is 312 g/mol. The van der Waals surface area contributed by atoms with Crippen molar-refractivity contribution in [2.45, 2.75) is 6.54 Å². The zero-order chi connectivity index (χ0) is 13.1. The molecule has 1 heterocycles. The molecule has 0 aliphatic carbocycles. The second kappa shape index (κ2) is 5.30. The third kappa shape index (κ3) is 2.59. The van der Waals surface area contributed by atoms with Crippen LogP contribution in [0.3, 0.4) is 0 Å². The number of benzene rings is 1. The monoisotopic (exact) mass is 311 g/mol. The van der Waals surface area contributed by atoms with Crippen molar-refractivity contribution in [1.82, 2.24) is 9.78 Å². The molecule has 96 valence electrons. The first-order valence-electron chi connectivity index (χ1n) is 5.33. The zero-order valence-corrected chi connectivity index (χ0v) is 11.8. The third-order valence-electron chi connectivity index (χ3n) is 2.54. The maximum Gasteiger partial charge on any atom is 0.161 e. The average Bonchev–Trinajstić information content (AvgIpc) is 2.68. The van der Waals surface area contributed by atoms with Crippen molar-refractivity contribution in [3.8, 4) is 11.5 Å². The van der Waals surface area contributed by atoms with Gasteiger partial charge < -0.3 is 15.2 Å². The molecule has 0 saturated carbocycles. The summed E-state index contributed by atoms with van der Waals surface area (Å²) in [5, 5.41) is 4.18. The summed E-state index contributed by atoms with van der Waals surface area (Å²) in [7, 11) is 3.23. The van der Waals surface area contributed by atoms with Crippen molar-refractivity contribution in [3.05, 3.63) is 34.4 Å². The molecule has 0 fully saturated rings. The van der Waals surface area contributed by atoms with Gasteiger partial charge in [-0.1, -0.05) is 6.07 Å². The summed E-state index contributed by atoms with van der Waals surface area (Å²) in [6.45, 7) is 0.621. The molecule has 2 rings (SSSR count). The number of methoxy groups -OCH3 is 2. The van der Waals surface area contributed by atoms with Gasteiger partial charge in [0.2, 0.25) is 0 Å². The molecule has 1 aromatic heterocycles. The summed E-state index contributed by atoms with van der Waals surface area (Å²) in [6.07, 6.45) is 1.84. The number of hydrogen-bond acceptors (Lipinski definition) is 4. The summed E-state index contributed by atoms with van der Waals surface area (Å²) in [6, 6.07) is 5.76. The molecule has 5 nitrogen and oxygen atoms in total. The smallest absolute Gasteiger partial charge is 0.161 e. The number of nitrogens with two attached hydrogens (primary N) is 1. The Hall–Kier alpha value is -1.69. The largest absolute Gasteiger partial charge is 0.493 e. The van der Waals surface area contributed by atoms with E-state index in [4.69, 9.17) is 15.2 Å². The van der Waals surface area contributed by atoms with E-state index in [1.54, 1.807) is 18.9 Å². The molecule has 0 radical (unpaired) electrons. The fourth-order valence-electron chi connectivity index (χ4n) is 1.66. The first kappa shape index (κ1) is 12.8. The van der Waals surface area contributed by atoms with Gasteiger partial charge in [-0.25, -0.2) is 0 Å². The maximum atomic E-state index is 5.67. The Morgan fingerprint density at radius 1 is 1.28 bits per heavy atom. The minimum absolute atomic E-state index is 0.482. The van der Waals surface area contributed by atoms with Gasteiger partial charge in [-0.15, -0.1) is 0 Å². The van der Waals surface area contributed by atoms with Crippen LogP contribution in [0.2, 0.25) is 0 Å². The van der Waals surface area contributed by atoms with Crippen LogP contribution in [0.5, 0.6) is 11.5 Å². The highest BCUT2D eigenvalue weighted by Gasteiger charge is 2.07. The normalized spacial score (nSPS) is 10.4. The van der Waals surface area contributed by atoms with Gasteiger partial charge in [0, 0.05) is 6.20 Å². The first-order valence-corrected chi connectivity index (χ1v) is 6.12. The number of aromatic nitrogens is 2. The molecule has 2 aromatic rings. The van der Waals surface area contributed by atoms with E-state index in [0.29, 0.717) is 23.9 Å². The van der Waals surface area contributed by atoms with Crippen LogP contribution in [0.1, 0.15) is 5.56 Å². The lowest BCUT2D eigenvalue weighted by Crippen LogP contribution is -2.02. The topological polar surface area (TPSA) is 62.3 Å². The Kier molecular flexibility index (Phi) is 3.76. The Morgan fingerprint density at radius 3 is 2.56 bits per heavy atom. The molecule has 0 unspecified atom stereocenters. The number of ether oxygens (including phenoxy) is 2. The summed E-state index contributed by atoms with van der Waals surface area (Å²) in [4.78, 5) is 0. The van der Waals surface area contributed by atoms with E-state index in [2.05, 4.69) is 21.0 Å². The van der Waals surface area contributed by atoms with Gasteiger partial charge in [-0.05, 0) is 33.6 Å². The number of anilines is 1. The number of rotatable bonds is 4. The van der Waals surface area contributed by atoms with Gasteiger partial charge in [-0.3, -0.25) is 4.68 Å². The van der Waals surface area contributed by atoms with E-state index in [1.807, 2.05) is 24.4 Å². The van der Waals surface area contributed by atoms with Crippen molar-refractivity contribution >= 4 is 21.7 Å². The molecule has 2 N–H and O–H groups in total. The van der Waals surface area contributed by atoms with Crippen LogP contribution in [-0.2, 0) is 6.54 Å². The lowest BCUT2D eigenvalue weighted by atomic mass is 10.2. The Balaban J connectivity index is 2.24. The lowest BCUT2D eigenvalue weighted by Gasteiger charge is -2.09. The highest BCUT2D eigenvalue weighted by molar-refractivity contribution is 9.10. The van der Waals surface area contributed by atoms with Gasteiger partial charge >= 0.3 is 0 Å². The van der Waals surface area contributed by atoms with E-state index in [0.717, 1.165) is 10.0 Å². The maximum absolute atomic E-state index is 5.67. The predicted octanol–water partition coefficient (Wildman–Crippen LogP) is 2.29. The van der Waals surface area contributed by atoms with E-state index in [9.17, 15) is 0 Å². The SMILES string of the molecule is COc1ccc(Cn2cc(Br)c(N)n2)cc1OC. The Morgan fingerprint density at radius 2 is 2.00 bits per heavy atom. The Labute approximate surface area is 114 Å². The van der Waals surface area contributed by atoms with Crippen molar-refractivity contribution < 1.29 is 9.47 Å². The summed E-state index contributed by atoms with van der Waals surface area (Å²) in [5.41, 5.74) is 6.73. The van der Waals surface area contributed by atoms with Crippen LogP contribution in [0.25, 0.3) is 0 Å². The standard InChI is InChI=1S/C12H14BrN3O2/c1-17-10-4-3-8(5-11(10)18-2)6-16-7-9(13)12(14)15-16/h3-5,7H,6H2,1-2H3,(H2,14,15). The van der Waals surface area contributed by atoms with Crippen LogP contribution in [0.4, 0.5) is 5.82 Å². The molecule has 18 heavy (non-hydrogen) atoms. The molecule has 0 amide bonds. The zero-order valence-electron chi connectivity index (χ0n) is 10.2. The summed E-state index contributed by atoms with van der Waals surface area (Å²) >= 11 is 3.33. The van der Waals surface area contributed by atoms with Gasteiger partial charge in [0.15, 0.2) is 17.3 Å². The van der Waals surface area contributed by atoms with Crippen molar-refractivity contribution in [3.63, 3.8) is 0 Å². The van der Waals surface area contributed by atoms with Crippen molar-refractivity contribution in [2.24, 2.45) is 0 Å². The van der Waals surface area contributed by atoms with E-state index in [-0.39, 0.29) is 0 Å². The van der Waals surface area contributed by atoms with Crippen molar-refractivity contribution in [1.29, 1.82) is 0 Å². The number of nitrogen functional groups attached to an aromatic ring is 1. The molecule has 0 saturated heterocycles. The molecular weight excluding hydrogens is 298 g/mol. The molecule has 0 aliphatic rings. The van der Waals surface area contributed by atoms with Crippen LogP contribution >= 0.6 is 15.9 Å². The number of halogens is 1. The third-order valence-corrected chi connectivity index (χ3v) is 3.15. The van der Waals surface area contributed by atoms with Gasteiger partial charge in [0.05, 0.1) is 25.2 Å². The minimum Gasteiger partial charge on any atom is -0.493 e. The second-order valence-corrected chi connectivity index (χ2v) is 4.60. The van der Waals surface area contributed by atoms with E-state index in [1.165, 1.54) is 0 Å². The molecule has 0 spiro atoms. The summed E-state index contributed by atoms with van der Waals surface area (Å²) in [5.74, 6) is 1.90. The fourth-order valence-corrected chi connectivity index (χ4v) is 1.97. The van der Waals surface area contributed by atoms with Gasteiger partial charge in [0.25, 0.3) is 0 Å². The number of nitrogens with zero attached hydrogens (tertiary/aromatic N) is 2. The molecular formula is C12H14BrN3O2. The van der Waals surface area contributed by atoms with Crippen LogP contribution in [0.15, 0.2) is 28.9 Å². The highest BCUT2D eigenvalue weighted by Crippen LogP contribution is 2.28. The lowest BCUT2D eigenvalue weighted by molar-refractivity contribution is 0.354. The van der Waals surface area contributed by atoms with Crippen LogP contribution in [-0.4, -0.2) is 24.0 Å². The fraction of sp³-hybridized carbons (Fsp3) is 0.250. The van der Waals surface area contributed by atoms with Crippen molar-refractivity contribution in [2.75, 3.05) is 20.0 Å². The molecule has 1 aromatic carbocycles. The van der Waals surface area contributed by atoms with Gasteiger partial charge in [-0.2, -0.15) is 5.10 Å². The molecule has 0 aliphatic heterocycles. The number of hydrogen-bond donors (Lipinski definition) is 1. The molecule has 0 bridgehead atoms. The Bertz CT molecular complexity index is 535. The predicted molar refractivity (Wildman–Crippen MR) is 73.0 cm³/mol. The van der Waals surface area contributed by atoms with Crippen LogP contribution in [0, 0.1) is 0 Å². The van der Waals surface area contributed by atoms with Gasteiger partial charge in [0.1, 0.15) is 0 Å². The second-order valence-electron chi connectivity index (χ2n) is 3.75. The van der Waals surface area contributed by atoms with E-state index < -0.39 is 0 Å². The van der Waals surface area contributed by atoms with E-state index >= 15 is 0 Å². The molecule has 0 atom stereocenters. The molecule has 6 heteroatoms.